The summed E-state index contributed by atoms with van der Waals surface area (Å²) in [4.78, 5) is 12.8. The van der Waals surface area contributed by atoms with E-state index in [1.807, 2.05) is 6.07 Å². The number of hydrogen-bond donors (Lipinski definition) is 4. The molecule has 152 valence electrons. The highest BCUT2D eigenvalue weighted by atomic mass is 16.8. The second-order valence-corrected chi connectivity index (χ2v) is 6.48. The lowest BCUT2D eigenvalue weighted by molar-refractivity contribution is -0.991. The van der Waals surface area contributed by atoms with Gasteiger partial charge in [-0.3, -0.25) is 0 Å². The number of rotatable bonds is 3. The number of allylic oxidation sites excluding steroid dienone is 1. The molecule has 1 aliphatic heterocycles. The molecule has 10 heteroatoms. The van der Waals surface area contributed by atoms with Crippen LogP contribution in [0.3, 0.4) is 0 Å². The van der Waals surface area contributed by atoms with Gasteiger partial charge in [0.1, 0.15) is 17.2 Å². The van der Waals surface area contributed by atoms with E-state index in [-0.39, 0.29) is 45.4 Å². The first-order chi connectivity index (χ1) is 14.4. The van der Waals surface area contributed by atoms with Crippen LogP contribution in [0.1, 0.15) is 17.0 Å². The third-order valence-corrected chi connectivity index (χ3v) is 4.83. The van der Waals surface area contributed by atoms with Crippen LogP contribution in [0.4, 0.5) is 5.69 Å². The molecule has 2 atom stereocenters. The number of nitrogens with two attached hydrogens (primary N) is 1. The van der Waals surface area contributed by atoms with Crippen LogP contribution >= 0.6 is 0 Å². The molecule has 0 radical (unpaired) electrons. The second-order valence-electron chi connectivity index (χ2n) is 6.48. The van der Waals surface area contributed by atoms with Crippen molar-refractivity contribution >= 4 is 16.7 Å². The van der Waals surface area contributed by atoms with Crippen LogP contribution in [0.25, 0.3) is 11.0 Å². The number of para-hydroxylation sites is 1. The summed E-state index contributed by atoms with van der Waals surface area (Å²) in [6.07, 6.45) is 0. The van der Waals surface area contributed by atoms with Crippen LogP contribution in [0, 0.1) is 16.5 Å². The van der Waals surface area contributed by atoms with Crippen molar-refractivity contribution in [2.24, 2.45) is 5.73 Å². The van der Waals surface area contributed by atoms with E-state index in [1.165, 1.54) is 19.2 Å². The predicted octanol–water partition coefficient (Wildman–Crippen LogP) is 1.13. The van der Waals surface area contributed by atoms with E-state index >= 15 is 0 Å². The fraction of sp³-hybridized carbons (Fsp3) is 0.100. The van der Waals surface area contributed by atoms with Gasteiger partial charge in [-0.1, -0.05) is 12.1 Å². The standard InChI is InChI=1S/C20H15N3O7/c1-28-18-12(23(26)27)6-9(7-13(18)24)15-11(8-21)19(22)30-17-10-4-2-3-5-14(10)29-20(25)16(15)17/h2-7,15,23-24,26H,22H2,1H3/t15-/m1/s1. The lowest BCUT2D eigenvalue weighted by Gasteiger charge is -2.27. The zero-order valence-electron chi connectivity index (χ0n) is 15.5. The summed E-state index contributed by atoms with van der Waals surface area (Å²) in [5.74, 6) is -1.97. The summed E-state index contributed by atoms with van der Waals surface area (Å²) in [7, 11) is 1.21. The first kappa shape index (κ1) is 19.3. The maximum Gasteiger partial charge on any atom is 0.344 e. The van der Waals surface area contributed by atoms with Gasteiger partial charge in [-0.15, -0.1) is 0 Å². The highest BCUT2D eigenvalue weighted by Gasteiger charge is 2.36. The fourth-order valence-corrected chi connectivity index (χ4v) is 3.57. The maximum absolute atomic E-state index is 12.8. The summed E-state index contributed by atoms with van der Waals surface area (Å²) in [5, 5.41) is 40.3. The van der Waals surface area contributed by atoms with Gasteiger partial charge in [-0.2, -0.15) is 10.5 Å². The molecule has 3 aromatic rings. The molecule has 0 saturated carbocycles. The molecule has 1 unspecified atom stereocenters. The lowest BCUT2D eigenvalue weighted by atomic mass is 9.83. The minimum absolute atomic E-state index is 0.0274. The molecule has 5 N–H and O–H groups in total. The van der Waals surface area contributed by atoms with E-state index in [4.69, 9.17) is 19.6 Å². The Morgan fingerprint density at radius 3 is 2.73 bits per heavy atom. The molecule has 0 amide bonds. The molecular formula is C20H15N3O7. The Labute approximate surface area is 168 Å². The molecule has 0 fully saturated rings. The topological polar surface area (TPSA) is 166 Å². The Kier molecular flexibility index (Phi) is 4.56. The van der Waals surface area contributed by atoms with E-state index < -0.39 is 22.5 Å². The number of nitriles is 1. The Balaban J connectivity index is 2.07. The SMILES string of the molecule is COc1c(O)cc([C@@H]2C(C#N)=C(N)Oc3c2c(=O)oc2ccccc32)cc1[NH+]([O-])O. The lowest BCUT2D eigenvalue weighted by Crippen LogP contribution is -2.99. The zero-order valence-corrected chi connectivity index (χ0v) is 15.5. The number of hydrogen-bond acceptors (Lipinski definition) is 9. The van der Waals surface area contributed by atoms with Gasteiger partial charge in [0.05, 0.1) is 24.0 Å². The van der Waals surface area contributed by atoms with E-state index in [9.17, 15) is 25.6 Å². The molecule has 30 heavy (non-hydrogen) atoms. The maximum atomic E-state index is 12.8. The van der Waals surface area contributed by atoms with E-state index in [1.54, 1.807) is 24.3 Å². The average molecular weight is 409 g/mol. The molecule has 0 aliphatic carbocycles. The number of phenols is 1. The number of aromatic hydroxyl groups is 1. The molecule has 2 aromatic carbocycles. The third-order valence-electron chi connectivity index (χ3n) is 4.83. The quantitative estimate of drug-likeness (QED) is 0.366. The Morgan fingerprint density at radius 1 is 1.33 bits per heavy atom. The van der Waals surface area contributed by atoms with Gasteiger partial charge in [-0.05, 0) is 23.8 Å². The number of quaternary nitrogens is 1. The average Bonchev–Trinajstić information content (AvgIpc) is 2.72. The smallest absolute Gasteiger partial charge is 0.344 e. The Bertz CT molecular complexity index is 1300. The summed E-state index contributed by atoms with van der Waals surface area (Å²) in [6, 6.07) is 11.0. The predicted molar refractivity (Wildman–Crippen MR) is 102 cm³/mol. The number of nitrogens with zero attached hydrogens (tertiary/aromatic N) is 1. The number of benzene rings is 2. The molecule has 1 aliphatic rings. The minimum Gasteiger partial charge on any atom is -0.595 e. The highest BCUT2D eigenvalue weighted by molar-refractivity contribution is 5.86. The van der Waals surface area contributed by atoms with Crippen molar-refractivity contribution in [1.29, 1.82) is 5.26 Å². The van der Waals surface area contributed by atoms with Crippen LogP contribution in [0.2, 0.25) is 0 Å². The monoisotopic (exact) mass is 409 g/mol. The van der Waals surface area contributed by atoms with Crippen LogP contribution in [0.5, 0.6) is 17.2 Å². The molecule has 10 nitrogen and oxygen atoms in total. The third kappa shape index (κ3) is 2.82. The van der Waals surface area contributed by atoms with Crippen LogP contribution in [-0.4, -0.2) is 17.4 Å². The van der Waals surface area contributed by atoms with Crippen molar-refractivity contribution in [3.63, 3.8) is 0 Å². The number of ether oxygens (including phenoxy) is 2. The van der Waals surface area contributed by atoms with Crippen molar-refractivity contribution in [3.05, 3.63) is 74.6 Å². The molecule has 0 spiro atoms. The van der Waals surface area contributed by atoms with Crippen molar-refractivity contribution < 1.29 is 29.4 Å². The van der Waals surface area contributed by atoms with Gasteiger partial charge in [0.25, 0.3) is 0 Å². The van der Waals surface area contributed by atoms with E-state index in [0.29, 0.717) is 5.39 Å². The summed E-state index contributed by atoms with van der Waals surface area (Å²) in [6.45, 7) is 0. The van der Waals surface area contributed by atoms with Crippen LogP contribution in [0.15, 0.2) is 57.1 Å². The van der Waals surface area contributed by atoms with E-state index in [0.717, 1.165) is 0 Å². The highest BCUT2D eigenvalue weighted by Crippen LogP contribution is 2.46. The Morgan fingerprint density at radius 2 is 2.07 bits per heavy atom. The fourth-order valence-electron chi connectivity index (χ4n) is 3.57. The first-order valence-electron chi connectivity index (χ1n) is 8.64. The van der Waals surface area contributed by atoms with Gasteiger partial charge in [0, 0.05) is 6.07 Å². The van der Waals surface area contributed by atoms with E-state index in [2.05, 4.69) is 0 Å². The summed E-state index contributed by atoms with van der Waals surface area (Å²) >= 11 is 0. The Hall–Kier alpha value is -4.04. The van der Waals surface area contributed by atoms with Gasteiger partial charge in [0.15, 0.2) is 11.5 Å². The molecular weight excluding hydrogens is 394 g/mol. The second kappa shape index (κ2) is 7.09. The van der Waals surface area contributed by atoms with Gasteiger partial charge in [0.2, 0.25) is 17.3 Å². The number of methoxy groups -OCH3 is 1. The molecule has 0 bridgehead atoms. The normalized spacial score (nSPS) is 16.5. The van der Waals surface area contributed by atoms with Crippen LogP contribution < -0.4 is 26.1 Å². The first-order valence-corrected chi connectivity index (χ1v) is 8.64. The number of phenolic OH excluding ortho intramolecular Hbond substituents is 1. The molecule has 0 saturated heterocycles. The number of nitrogens with one attached hydrogen (secondary N) is 1. The summed E-state index contributed by atoms with van der Waals surface area (Å²) in [5.41, 5.74) is 5.09. The van der Waals surface area contributed by atoms with Crippen molar-refractivity contribution in [1.82, 2.24) is 0 Å². The minimum atomic E-state index is -1.36. The molecule has 4 rings (SSSR count). The van der Waals surface area contributed by atoms with Gasteiger partial charge in [-0.25, -0.2) is 10.0 Å². The zero-order chi connectivity index (χ0) is 21.6. The molecule has 2 heterocycles. The number of fused-ring (bicyclic) bond motifs is 3. The largest absolute Gasteiger partial charge is 0.595 e. The van der Waals surface area contributed by atoms with Crippen molar-refractivity contribution in [3.8, 4) is 23.3 Å². The van der Waals surface area contributed by atoms with Gasteiger partial charge >= 0.3 is 5.63 Å². The van der Waals surface area contributed by atoms with Gasteiger partial charge < -0.3 is 29.9 Å². The molecule has 1 aromatic heterocycles. The summed E-state index contributed by atoms with van der Waals surface area (Å²) < 4.78 is 16.0. The van der Waals surface area contributed by atoms with Crippen molar-refractivity contribution in [2.45, 2.75) is 5.92 Å². The van der Waals surface area contributed by atoms with Crippen LogP contribution in [-0.2, 0) is 0 Å². The van der Waals surface area contributed by atoms with Crippen molar-refractivity contribution in [2.75, 3.05) is 7.11 Å².